The smallest absolute Gasteiger partial charge is 0.0431 e. The van der Waals surface area contributed by atoms with Crippen LogP contribution in [-0.2, 0) is 0 Å². The average Bonchev–Trinajstić information content (AvgIpc) is 2.43. The summed E-state index contributed by atoms with van der Waals surface area (Å²) >= 11 is 5.81. The number of benzene rings is 1. The van der Waals surface area contributed by atoms with Crippen molar-refractivity contribution in [2.75, 3.05) is 6.61 Å². The second-order valence-electron chi connectivity index (χ2n) is 4.76. The fourth-order valence-corrected chi connectivity index (χ4v) is 2.03. The van der Waals surface area contributed by atoms with Gasteiger partial charge in [0.2, 0.25) is 0 Å². The van der Waals surface area contributed by atoms with E-state index in [1.807, 2.05) is 24.3 Å². The van der Waals surface area contributed by atoms with E-state index in [0.717, 1.165) is 29.8 Å². The second kappa shape index (κ2) is 10.9. The maximum absolute atomic E-state index is 8.65. The van der Waals surface area contributed by atoms with Gasteiger partial charge in [-0.15, -0.1) is 0 Å². The van der Waals surface area contributed by atoms with Crippen LogP contribution in [0.1, 0.15) is 56.9 Å². The molecule has 0 heterocycles. The summed E-state index contributed by atoms with van der Waals surface area (Å²) in [6.07, 6.45) is 9.34. The predicted octanol–water partition coefficient (Wildman–Crippen LogP) is 4.80. The number of aliphatic hydroxyl groups is 1. The van der Waals surface area contributed by atoms with Crippen molar-refractivity contribution < 1.29 is 5.11 Å². The van der Waals surface area contributed by atoms with Gasteiger partial charge in [-0.05, 0) is 37.1 Å². The van der Waals surface area contributed by atoms with E-state index in [1.54, 1.807) is 0 Å². The number of halogens is 1. The van der Waals surface area contributed by atoms with Gasteiger partial charge in [0.1, 0.15) is 0 Å². The lowest BCUT2D eigenvalue weighted by molar-refractivity contribution is 0.282. The highest BCUT2D eigenvalue weighted by atomic mass is 35.5. The molecule has 0 aliphatic heterocycles. The van der Waals surface area contributed by atoms with Crippen LogP contribution in [0.15, 0.2) is 24.3 Å². The molecule has 19 heavy (non-hydrogen) atoms. The molecular formula is C17H23ClO. The molecule has 0 aliphatic rings. The van der Waals surface area contributed by atoms with Gasteiger partial charge >= 0.3 is 0 Å². The molecule has 0 unspecified atom stereocenters. The van der Waals surface area contributed by atoms with Gasteiger partial charge in [0.25, 0.3) is 0 Å². The summed E-state index contributed by atoms with van der Waals surface area (Å²) in [6, 6.07) is 7.66. The first kappa shape index (κ1) is 16.1. The van der Waals surface area contributed by atoms with Crippen LogP contribution in [0.5, 0.6) is 0 Å². The summed E-state index contributed by atoms with van der Waals surface area (Å²) in [6.45, 7) is 0.334. The Labute approximate surface area is 122 Å². The Hall–Kier alpha value is -0.970. The van der Waals surface area contributed by atoms with Crippen molar-refractivity contribution in [3.63, 3.8) is 0 Å². The molecule has 0 saturated carbocycles. The molecule has 0 aromatic heterocycles. The predicted molar refractivity (Wildman–Crippen MR) is 82.4 cm³/mol. The van der Waals surface area contributed by atoms with Crippen molar-refractivity contribution in [1.29, 1.82) is 0 Å². The van der Waals surface area contributed by atoms with Crippen molar-refractivity contribution in [3.05, 3.63) is 34.9 Å². The van der Waals surface area contributed by atoms with E-state index in [1.165, 1.54) is 32.1 Å². The lowest BCUT2D eigenvalue weighted by Crippen LogP contribution is -1.84. The third-order valence-electron chi connectivity index (χ3n) is 3.04. The highest BCUT2D eigenvalue weighted by Crippen LogP contribution is 2.09. The molecule has 0 spiro atoms. The SMILES string of the molecule is OCCCCCCCCCC#Cc1ccc(Cl)cc1. The van der Waals surface area contributed by atoms with Gasteiger partial charge < -0.3 is 5.11 Å². The molecular weight excluding hydrogens is 256 g/mol. The summed E-state index contributed by atoms with van der Waals surface area (Å²) in [5.41, 5.74) is 1.04. The standard InChI is InChI=1S/C17H23ClO/c18-17-13-11-16(12-14-17)10-8-6-4-2-1-3-5-7-9-15-19/h11-14,19H,1-7,9,15H2. The quantitative estimate of drug-likeness (QED) is 0.535. The largest absolute Gasteiger partial charge is 0.396 e. The highest BCUT2D eigenvalue weighted by Gasteiger charge is 1.91. The molecule has 1 nitrogen and oxygen atoms in total. The fourth-order valence-electron chi connectivity index (χ4n) is 1.91. The third kappa shape index (κ3) is 8.70. The van der Waals surface area contributed by atoms with Crippen LogP contribution in [0.4, 0.5) is 0 Å². The Kier molecular flexibility index (Phi) is 9.23. The average molecular weight is 279 g/mol. The molecule has 0 atom stereocenters. The first-order valence-corrected chi connectivity index (χ1v) is 7.56. The number of rotatable bonds is 8. The molecule has 1 aromatic carbocycles. The Morgan fingerprint density at radius 3 is 2.05 bits per heavy atom. The number of hydrogen-bond donors (Lipinski definition) is 1. The van der Waals surface area contributed by atoms with Crippen LogP contribution in [0, 0.1) is 11.8 Å². The zero-order valence-electron chi connectivity index (χ0n) is 11.5. The van der Waals surface area contributed by atoms with E-state index < -0.39 is 0 Å². The van der Waals surface area contributed by atoms with Crippen LogP contribution in [-0.4, -0.2) is 11.7 Å². The molecule has 0 radical (unpaired) electrons. The molecule has 0 amide bonds. The van der Waals surface area contributed by atoms with Crippen molar-refractivity contribution in [3.8, 4) is 11.8 Å². The molecule has 1 aromatic rings. The van der Waals surface area contributed by atoms with Gasteiger partial charge in [0.05, 0.1) is 0 Å². The second-order valence-corrected chi connectivity index (χ2v) is 5.19. The van der Waals surface area contributed by atoms with E-state index in [9.17, 15) is 0 Å². The van der Waals surface area contributed by atoms with Crippen molar-refractivity contribution in [2.45, 2.75) is 51.4 Å². The molecule has 0 saturated heterocycles. The molecule has 1 N–H and O–H groups in total. The molecule has 0 fully saturated rings. The lowest BCUT2D eigenvalue weighted by atomic mass is 10.1. The summed E-state index contributed by atoms with van der Waals surface area (Å²) in [7, 11) is 0. The minimum atomic E-state index is 0.334. The van der Waals surface area contributed by atoms with Crippen LogP contribution in [0.25, 0.3) is 0 Å². The molecule has 104 valence electrons. The Morgan fingerprint density at radius 1 is 0.842 bits per heavy atom. The number of unbranched alkanes of at least 4 members (excludes halogenated alkanes) is 7. The van der Waals surface area contributed by atoms with Crippen LogP contribution < -0.4 is 0 Å². The zero-order chi connectivity index (χ0) is 13.8. The monoisotopic (exact) mass is 278 g/mol. The summed E-state index contributed by atoms with van der Waals surface area (Å²) in [5.74, 6) is 6.36. The van der Waals surface area contributed by atoms with Crippen LogP contribution in [0.2, 0.25) is 5.02 Å². The zero-order valence-corrected chi connectivity index (χ0v) is 12.3. The van der Waals surface area contributed by atoms with E-state index >= 15 is 0 Å². The molecule has 2 heteroatoms. The number of aliphatic hydroxyl groups excluding tert-OH is 1. The van der Waals surface area contributed by atoms with Gasteiger partial charge in [-0.2, -0.15) is 0 Å². The van der Waals surface area contributed by atoms with Gasteiger partial charge in [0, 0.05) is 23.6 Å². The Bertz CT molecular complexity index is 386. The fraction of sp³-hybridized carbons (Fsp3) is 0.529. The van der Waals surface area contributed by atoms with Crippen molar-refractivity contribution in [2.24, 2.45) is 0 Å². The number of hydrogen-bond acceptors (Lipinski definition) is 1. The van der Waals surface area contributed by atoms with Crippen molar-refractivity contribution >= 4 is 11.6 Å². The molecule has 0 bridgehead atoms. The Morgan fingerprint density at radius 2 is 1.42 bits per heavy atom. The highest BCUT2D eigenvalue weighted by molar-refractivity contribution is 6.30. The van der Waals surface area contributed by atoms with Crippen LogP contribution in [0.3, 0.4) is 0 Å². The van der Waals surface area contributed by atoms with Crippen LogP contribution >= 0.6 is 11.6 Å². The van der Waals surface area contributed by atoms with Crippen molar-refractivity contribution in [1.82, 2.24) is 0 Å². The van der Waals surface area contributed by atoms with Gasteiger partial charge in [-0.3, -0.25) is 0 Å². The van der Waals surface area contributed by atoms with E-state index in [-0.39, 0.29) is 0 Å². The topological polar surface area (TPSA) is 20.2 Å². The van der Waals surface area contributed by atoms with E-state index in [2.05, 4.69) is 11.8 Å². The lowest BCUT2D eigenvalue weighted by Gasteiger charge is -1.99. The minimum Gasteiger partial charge on any atom is -0.396 e. The maximum Gasteiger partial charge on any atom is 0.0431 e. The Balaban J connectivity index is 2.00. The van der Waals surface area contributed by atoms with Gasteiger partial charge in [0.15, 0.2) is 0 Å². The maximum atomic E-state index is 8.65. The van der Waals surface area contributed by atoms with Gasteiger partial charge in [-0.25, -0.2) is 0 Å². The van der Waals surface area contributed by atoms with Gasteiger partial charge in [-0.1, -0.05) is 55.5 Å². The first-order valence-electron chi connectivity index (χ1n) is 7.18. The first-order chi connectivity index (χ1) is 9.33. The van der Waals surface area contributed by atoms with E-state index in [4.69, 9.17) is 16.7 Å². The molecule has 0 aliphatic carbocycles. The third-order valence-corrected chi connectivity index (χ3v) is 3.29. The van der Waals surface area contributed by atoms with E-state index in [0.29, 0.717) is 6.61 Å². The summed E-state index contributed by atoms with van der Waals surface area (Å²) in [4.78, 5) is 0. The summed E-state index contributed by atoms with van der Waals surface area (Å²) in [5, 5.41) is 9.41. The normalized spacial score (nSPS) is 10.0. The minimum absolute atomic E-state index is 0.334. The molecule has 1 rings (SSSR count). The summed E-state index contributed by atoms with van der Waals surface area (Å²) < 4.78 is 0.